The topological polar surface area (TPSA) is 24.9 Å². The minimum atomic E-state index is 0.353. The summed E-state index contributed by atoms with van der Waals surface area (Å²) in [6.07, 6.45) is 4.99. The Morgan fingerprint density at radius 1 is 1.32 bits per heavy atom. The molecule has 19 heavy (non-hydrogen) atoms. The number of hydrogen-bond donors (Lipinski definition) is 1. The maximum Gasteiger partial charge on any atom is 0.0462 e. The summed E-state index contributed by atoms with van der Waals surface area (Å²) in [6.45, 7) is 2.16. The minimum Gasteiger partial charge on any atom is -0.312 e. The first-order valence-electron chi connectivity index (χ1n) is 6.62. The quantitative estimate of drug-likeness (QED) is 0.925. The van der Waals surface area contributed by atoms with Gasteiger partial charge in [0.25, 0.3) is 0 Å². The molecule has 0 saturated carbocycles. The number of aromatic nitrogens is 1. The molecule has 2 nitrogen and oxygen atoms in total. The van der Waals surface area contributed by atoms with E-state index in [-0.39, 0.29) is 0 Å². The summed E-state index contributed by atoms with van der Waals surface area (Å²) in [5.74, 6) is 0. The van der Waals surface area contributed by atoms with Crippen molar-refractivity contribution in [1.29, 1.82) is 0 Å². The monoisotopic (exact) mass is 270 g/mol. The van der Waals surface area contributed by atoms with E-state index in [2.05, 4.69) is 47.6 Å². The molecule has 1 aromatic carbocycles. The van der Waals surface area contributed by atoms with Gasteiger partial charge in [-0.3, -0.25) is 4.98 Å². The first-order valence-corrected chi connectivity index (χ1v) is 7.50. The van der Waals surface area contributed by atoms with Crippen LogP contribution in [0.3, 0.4) is 0 Å². The number of pyridine rings is 1. The van der Waals surface area contributed by atoms with Gasteiger partial charge in [-0.15, -0.1) is 11.8 Å². The smallest absolute Gasteiger partial charge is 0.0462 e. The van der Waals surface area contributed by atoms with E-state index in [0.717, 1.165) is 6.42 Å². The van der Waals surface area contributed by atoms with Crippen molar-refractivity contribution in [3.05, 3.63) is 59.4 Å². The number of benzene rings is 1. The zero-order valence-corrected chi connectivity index (χ0v) is 12.1. The first-order chi connectivity index (χ1) is 9.29. The van der Waals surface area contributed by atoms with Crippen LogP contribution in [-0.4, -0.2) is 17.3 Å². The lowest BCUT2D eigenvalue weighted by atomic mass is 9.97. The van der Waals surface area contributed by atoms with Crippen LogP contribution in [0.4, 0.5) is 0 Å². The van der Waals surface area contributed by atoms with E-state index < -0.39 is 0 Å². The summed E-state index contributed by atoms with van der Waals surface area (Å²) in [7, 11) is 2.04. The summed E-state index contributed by atoms with van der Waals surface area (Å²) >= 11 is 1.98. The van der Waals surface area contributed by atoms with Crippen LogP contribution in [0.5, 0.6) is 0 Å². The third-order valence-corrected chi connectivity index (χ3v) is 5.16. The van der Waals surface area contributed by atoms with Gasteiger partial charge in [0.15, 0.2) is 0 Å². The number of thioether (sulfide) groups is 1. The average molecular weight is 270 g/mol. The normalized spacial score (nSPS) is 19.2. The highest BCUT2D eigenvalue weighted by molar-refractivity contribution is 8.00. The van der Waals surface area contributed by atoms with Crippen LogP contribution in [0, 0.1) is 6.92 Å². The van der Waals surface area contributed by atoms with Crippen LogP contribution in [0.2, 0.25) is 0 Å². The van der Waals surface area contributed by atoms with Gasteiger partial charge in [0.1, 0.15) is 0 Å². The molecule has 2 unspecified atom stereocenters. The highest BCUT2D eigenvalue weighted by Gasteiger charge is 2.30. The van der Waals surface area contributed by atoms with Crippen molar-refractivity contribution in [3.63, 3.8) is 0 Å². The standard InChI is InChI=1S/C16H18N2S/c1-11-7-8-18-10-13(11)16(17-2)15-9-12-5-3-4-6-14(12)19-15/h3-8,10,15-17H,9H2,1-2H3. The Kier molecular flexibility index (Phi) is 3.58. The van der Waals surface area contributed by atoms with Gasteiger partial charge in [-0.1, -0.05) is 18.2 Å². The van der Waals surface area contributed by atoms with E-state index in [1.165, 1.54) is 21.6 Å². The van der Waals surface area contributed by atoms with Gasteiger partial charge in [-0.2, -0.15) is 0 Å². The molecule has 0 fully saturated rings. The molecular formula is C16H18N2S. The number of hydrogen-bond acceptors (Lipinski definition) is 3. The molecular weight excluding hydrogens is 252 g/mol. The van der Waals surface area contributed by atoms with Gasteiger partial charge >= 0.3 is 0 Å². The third kappa shape index (κ3) is 2.40. The number of rotatable bonds is 3. The van der Waals surface area contributed by atoms with Crippen molar-refractivity contribution < 1.29 is 0 Å². The third-order valence-electron chi connectivity index (χ3n) is 3.77. The molecule has 0 bridgehead atoms. The summed E-state index contributed by atoms with van der Waals surface area (Å²) in [5.41, 5.74) is 4.10. The van der Waals surface area contributed by atoms with Gasteiger partial charge in [-0.25, -0.2) is 0 Å². The lowest BCUT2D eigenvalue weighted by Crippen LogP contribution is -2.27. The maximum atomic E-state index is 4.29. The zero-order valence-electron chi connectivity index (χ0n) is 11.3. The Bertz CT molecular complexity index is 557. The molecule has 98 valence electrons. The van der Waals surface area contributed by atoms with Gasteiger partial charge < -0.3 is 5.32 Å². The SMILES string of the molecule is CNC(c1cnccc1C)C1Cc2ccccc2S1. The molecule has 3 heteroatoms. The minimum absolute atomic E-state index is 0.353. The van der Waals surface area contributed by atoms with Crippen molar-refractivity contribution in [2.45, 2.75) is 29.5 Å². The van der Waals surface area contributed by atoms with Crippen LogP contribution in [-0.2, 0) is 6.42 Å². The predicted molar refractivity (Wildman–Crippen MR) is 80.6 cm³/mol. The molecule has 1 aliphatic rings. The van der Waals surface area contributed by atoms with E-state index in [1.807, 2.05) is 31.2 Å². The van der Waals surface area contributed by atoms with Gasteiger partial charge in [0.05, 0.1) is 0 Å². The van der Waals surface area contributed by atoms with E-state index in [0.29, 0.717) is 11.3 Å². The number of nitrogens with zero attached hydrogens (tertiary/aromatic N) is 1. The van der Waals surface area contributed by atoms with Gasteiger partial charge in [0, 0.05) is 28.6 Å². The molecule has 0 saturated heterocycles. The van der Waals surface area contributed by atoms with E-state index in [1.54, 1.807) is 0 Å². The Hall–Kier alpha value is -1.32. The first kappa shape index (κ1) is 12.7. The van der Waals surface area contributed by atoms with E-state index >= 15 is 0 Å². The summed E-state index contributed by atoms with van der Waals surface area (Å²) < 4.78 is 0. The maximum absolute atomic E-state index is 4.29. The Labute approximate surface area is 118 Å². The second kappa shape index (κ2) is 5.35. The largest absolute Gasteiger partial charge is 0.312 e. The molecule has 1 N–H and O–H groups in total. The van der Waals surface area contributed by atoms with Crippen molar-refractivity contribution >= 4 is 11.8 Å². The molecule has 0 spiro atoms. The second-order valence-corrected chi connectivity index (χ2v) is 6.25. The molecule has 2 heterocycles. The number of nitrogens with one attached hydrogen (secondary N) is 1. The van der Waals surface area contributed by atoms with Crippen molar-refractivity contribution in [2.24, 2.45) is 0 Å². The molecule has 2 aromatic rings. The summed E-state index contributed by atoms with van der Waals surface area (Å²) in [4.78, 5) is 5.71. The predicted octanol–water partition coefficient (Wildman–Crippen LogP) is 3.37. The second-order valence-electron chi connectivity index (χ2n) is 4.97. The van der Waals surface area contributed by atoms with Crippen molar-refractivity contribution in [1.82, 2.24) is 10.3 Å². The molecule has 0 aliphatic carbocycles. The van der Waals surface area contributed by atoms with E-state index in [9.17, 15) is 0 Å². The fourth-order valence-electron chi connectivity index (χ4n) is 2.74. The van der Waals surface area contributed by atoms with Crippen molar-refractivity contribution in [2.75, 3.05) is 7.05 Å². The molecule has 3 rings (SSSR count). The van der Waals surface area contributed by atoms with Crippen LogP contribution >= 0.6 is 11.8 Å². The Morgan fingerprint density at radius 2 is 2.16 bits per heavy atom. The molecule has 1 aliphatic heterocycles. The van der Waals surface area contributed by atoms with Crippen LogP contribution in [0.25, 0.3) is 0 Å². The van der Waals surface area contributed by atoms with Crippen molar-refractivity contribution in [3.8, 4) is 0 Å². The highest BCUT2D eigenvalue weighted by Crippen LogP contribution is 2.42. The molecule has 0 radical (unpaired) electrons. The Morgan fingerprint density at radius 3 is 2.89 bits per heavy atom. The molecule has 1 aromatic heterocycles. The van der Waals surface area contributed by atoms with E-state index in [4.69, 9.17) is 0 Å². The lowest BCUT2D eigenvalue weighted by molar-refractivity contribution is 0.564. The molecule has 0 amide bonds. The Balaban J connectivity index is 1.88. The number of aryl methyl sites for hydroxylation is 1. The zero-order chi connectivity index (χ0) is 13.2. The lowest BCUT2D eigenvalue weighted by Gasteiger charge is -2.24. The van der Waals surface area contributed by atoms with Crippen LogP contribution in [0.15, 0.2) is 47.6 Å². The van der Waals surface area contributed by atoms with Gasteiger partial charge in [-0.05, 0) is 49.2 Å². The van der Waals surface area contributed by atoms with Gasteiger partial charge in [0.2, 0.25) is 0 Å². The highest BCUT2D eigenvalue weighted by atomic mass is 32.2. The summed E-state index contributed by atoms with van der Waals surface area (Å²) in [6, 6.07) is 11.2. The average Bonchev–Trinajstić information content (AvgIpc) is 2.85. The number of fused-ring (bicyclic) bond motifs is 1. The molecule has 2 atom stereocenters. The van der Waals surface area contributed by atoms with Crippen LogP contribution in [0.1, 0.15) is 22.7 Å². The summed E-state index contributed by atoms with van der Waals surface area (Å²) in [5, 5.41) is 4.02. The fourth-order valence-corrected chi connectivity index (χ4v) is 4.21. The fraction of sp³-hybridized carbons (Fsp3) is 0.312. The van der Waals surface area contributed by atoms with Crippen LogP contribution < -0.4 is 5.32 Å².